The van der Waals surface area contributed by atoms with Crippen LogP contribution in [0.5, 0.6) is 23.0 Å². The number of carboxylic acids is 2. The van der Waals surface area contributed by atoms with Crippen LogP contribution in [0.15, 0.2) is 78.9 Å². The standard InChI is InChI=1S/C34H30O8/c1-3-13-40-25-9-10-27-22(15-25)16-29(33(37)38)34(27,23-7-12-30-31(17-23)42-19-41-30)28-11-8-24(39-2)18-26(28)20-5-4-6-21(14-20)32(35)36/h4-12,14-15,17-18,29H,3,13,16,19H2,1-2H3,(H,35,36)(H,37,38). The highest BCUT2D eigenvalue weighted by atomic mass is 16.7. The fourth-order valence-corrected chi connectivity index (χ4v) is 6.31. The number of benzene rings is 4. The van der Waals surface area contributed by atoms with Gasteiger partial charge in [-0.1, -0.05) is 37.3 Å². The Hall–Kier alpha value is -4.98. The molecule has 0 saturated carbocycles. The zero-order chi connectivity index (χ0) is 29.4. The van der Waals surface area contributed by atoms with Crippen LogP contribution in [0.3, 0.4) is 0 Å². The van der Waals surface area contributed by atoms with Crippen molar-refractivity contribution in [2.24, 2.45) is 5.92 Å². The van der Waals surface area contributed by atoms with Crippen molar-refractivity contribution in [2.45, 2.75) is 25.2 Å². The highest BCUT2D eigenvalue weighted by Gasteiger charge is 2.54. The molecule has 4 aromatic rings. The summed E-state index contributed by atoms with van der Waals surface area (Å²) in [4.78, 5) is 25.2. The predicted octanol–water partition coefficient (Wildman–Crippen LogP) is 6.17. The number of rotatable bonds is 9. The van der Waals surface area contributed by atoms with Crippen LogP contribution < -0.4 is 18.9 Å². The Kier molecular flexibility index (Phi) is 6.98. The van der Waals surface area contributed by atoms with Gasteiger partial charge in [0.05, 0.1) is 30.6 Å². The molecule has 0 amide bonds. The third-order valence-electron chi connectivity index (χ3n) is 8.12. The van der Waals surface area contributed by atoms with Gasteiger partial charge in [0.15, 0.2) is 11.5 Å². The topological polar surface area (TPSA) is 112 Å². The minimum Gasteiger partial charge on any atom is -0.497 e. The average Bonchev–Trinajstić information content (AvgIpc) is 3.62. The van der Waals surface area contributed by atoms with E-state index in [1.165, 1.54) is 6.07 Å². The van der Waals surface area contributed by atoms with Crippen molar-refractivity contribution in [3.05, 3.63) is 107 Å². The molecule has 6 rings (SSSR count). The Morgan fingerprint density at radius 2 is 1.69 bits per heavy atom. The Bertz CT molecular complexity index is 1690. The van der Waals surface area contributed by atoms with Crippen molar-refractivity contribution in [1.82, 2.24) is 0 Å². The SMILES string of the molecule is CCCOc1ccc2c(c1)CC(C(=O)O)C2(c1ccc2c(c1)OCO2)c1ccc(OC)cc1-c1cccc(C(=O)O)c1. The molecule has 0 aromatic heterocycles. The molecule has 2 N–H and O–H groups in total. The first-order chi connectivity index (χ1) is 20.4. The molecule has 0 radical (unpaired) electrons. The van der Waals surface area contributed by atoms with Gasteiger partial charge < -0.3 is 29.2 Å². The van der Waals surface area contributed by atoms with Gasteiger partial charge in [0, 0.05) is 0 Å². The van der Waals surface area contributed by atoms with Crippen molar-refractivity contribution in [1.29, 1.82) is 0 Å². The third kappa shape index (κ3) is 4.40. The number of methoxy groups -OCH3 is 1. The van der Waals surface area contributed by atoms with E-state index in [1.54, 1.807) is 19.2 Å². The number of carbonyl (C=O) groups is 2. The van der Waals surface area contributed by atoms with Gasteiger partial charge in [-0.15, -0.1) is 0 Å². The molecule has 42 heavy (non-hydrogen) atoms. The van der Waals surface area contributed by atoms with E-state index in [2.05, 4.69) is 0 Å². The molecule has 2 unspecified atom stereocenters. The summed E-state index contributed by atoms with van der Waals surface area (Å²) in [5.41, 5.74) is 3.38. The molecule has 1 aliphatic heterocycles. The first-order valence-electron chi connectivity index (χ1n) is 13.8. The quantitative estimate of drug-likeness (QED) is 0.248. The first-order valence-corrected chi connectivity index (χ1v) is 13.8. The Labute approximate surface area is 243 Å². The summed E-state index contributed by atoms with van der Waals surface area (Å²) in [5, 5.41) is 20.6. The first kappa shape index (κ1) is 27.2. The highest BCUT2D eigenvalue weighted by molar-refractivity contribution is 5.90. The molecule has 8 nitrogen and oxygen atoms in total. The monoisotopic (exact) mass is 566 g/mol. The smallest absolute Gasteiger partial charge is 0.335 e. The zero-order valence-corrected chi connectivity index (χ0v) is 23.3. The fraction of sp³-hybridized carbons (Fsp3) is 0.235. The molecule has 1 aliphatic carbocycles. The largest absolute Gasteiger partial charge is 0.497 e. The number of hydrogen-bond acceptors (Lipinski definition) is 6. The molecule has 1 heterocycles. The van der Waals surface area contributed by atoms with E-state index in [0.717, 1.165) is 23.1 Å². The van der Waals surface area contributed by atoms with Crippen LogP contribution in [0.25, 0.3) is 11.1 Å². The number of hydrogen-bond donors (Lipinski definition) is 2. The Morgan fingerprint density at radius 1 is 0.905 bits per heavy atom. The summed E-state index contributed by atoms with van der Waals surface area (Å²) >= 11 is 0. The summed E-state index contributed by atoms with van der Waals surface area (Å²) in [5.74, 6) is -0.540. The number of carboxylic acid groups (broad SMARTS) is 2. The van der Waals surface area contributed by atoms with E-state index in [9.17, 15) is 19.8 Å². The summed E-state index contributed by atoms with van der Waals surface area (Å²) in [6.07, 6.45) is 1.11. The number of ether oxygens (including phenoxy) is 4. The van der Waals surface area contributed by atoms with Gasteiger partial charge in [-0.05, 0) is 94.8 Å². The maximum atomic E-state index is 13.2. The minimum atomic E-state index is -1.17. The third-order valence-corrected chi connectivity index (χ3v) is 8.12. The summed E-state index contributed by atoms with van der Waals surface area (Å²) in [6, 6.07) is 23.5. The van der Waals surface area contributed by atoms with Gasteiger partial charge in [0.2, 0.25) is 6.79 Å². The van der Waals surface area contributed by atoms with Crippen LogP contribution in [-0.2, 0) is 16.6 Å². The van der Waals surface area contributed by atoms with Crippen LogP contribution in [-0.4, -0.2) is 42.7 Å². The lowest BCUT2D eigenvalue weighted by molar-refractivity contribution is -0.142. The van der Waals surface area contributed by atoms with E-state index in [4.69, 9.17) is 18.9 Å². The van der Waals surface area contributed by atoms with E-state index < -0.39 is 23.3 Å². The second-order valence-electron chi connectivity index (χ2n) is 10.4. The van der Waals surface area contributed by atoms with E-state index in [0.29, 0.717) is 46.3 Å². The van der Waals surface area contributed by atoms with Crippen molar-refractivity contribution in [2.75, 3.05) is 20.5 Å². The number of aliphatic carboxylic acids is 1. The Morgan fingerprint density at radius 3 is 2.45 bits per heavy atom. The van der Waals surface area contributed by atoms with Gasteiger partial charge >= 0.3 is 11.9 Å². The number of fused-ring (bicyclic) bond motifs is 2. The summed E-state index contributed by atoms with van der Waals surface area (Å²) in [6.45, 7) is 2.67. The molecule has 0 spiro atoms. The molecule has 2 atom stereocenters. The molecule has 0 saturated heterocycles. The van der Waals surface area contributed by atoms with Gasteiger partial charge in [-0.2, -0.15) is 0 Å². The number of aromatic carboxylic acids is 1. The second-order valence-corrected chi connectivity index (χ2v) is 10.4. The molecule has 0 bridgehead atoms. The molecule has 8 heteroatoms. The molecular formula is C34H30O8. The van der Waals surface area contributed by atoms with Crippen LogP contribution in [0.1, 0.15) is 46.0 Å². The van der Waals surface area contributed by atoms with Crippen LogP contribution in [0, 0.1) is 5.92 Å². The van der Waals surface area contributed by atoms with Gasteiger partial charge in [0.25, 0.3) is 0 Å². The lowest BCUT2D eigenvalue weighted by Gasteiger charge is -2.38. The van der Waals surface area contributed by atoms with Crippen molar-refractivity contribution in [3.8, 4) is 34.1 Å². The second kappa shape index (κ2) is 10.8. The van der Waals surface area contributed by atoms with E-state index in [-0.39, 0.29) is 18.8 Å². The maximum Gasteiger partial charge on any atom is 0.335 e. The van der Waals surface area contributed by atoms with Crippen molar-refractivity contribution in [3.63, 3.8) is 0 Å². The summed E-state index contributed by atoms with van der Waals surface area (Å²) < 4.78 is 22.8. The normalized spacial score (nSPS) is 18.4. The predicted molar refractivity (Wildman–Crippen MR) is 155 cm³/mol. The highest BCUT2D eigenvalue weighted by Crippen LogP contribution is 2.57. The van der Waals surface area contributed by atoms with Crippen molar-refractivity contribution < 1.29 is 38.7 Å². The zero-order valence-electron chi connectivity index (χ0n) is 23.3. The lowest BCUT2D eigenvalue weighted by atomic mass is 9.63. The molecule has 4 aromatic carbocycles. The van der Waals surface area contributed by atoms with Crippen LogP contribution >= 0.6 is 0 Å². The maximum absolute atomic E-state index is 13.2. The molecule has 214 valence electrons. The molecule has 0 fully saturated rings. The van der Waals surface area contributed by atoms with Crippen LogP contribution in [0.4, 0.5) is 0 Å². The van der Waals surface area contributed by atoms with E-state index in [1.807, 2.05) is 67.6 Å². The fourth-order valence-electron chi connectivity index (χ4n) is 6.31. The van der Waals surface area contributed by atoms with E-state index >= 15 is 0 Å². The average molecular weight is 567 g/mol. The van der Waals surface area contributed by atoms with Crippen LogP contribution in [0.2, 0.25) is 0 Å². The van der Waals surface area contributed by atoms with Gasteiger partial charge in [0.1, 0.15) is 11.5 Å². The Balaban J connectivity index is 1.69. The molecular weight excluding hydrogens is 536 g/mol. The van der Waals surface area contributed by atoms with Gasteiger partial charge in [-0.3, -0.25) is 4.79 Å². The summed E-state index contributed by atoms with van der Waals surface area (Å²) in [7, 11) is 1.56. The van der Waals surface area contributed by atoms with Crippen molar-refractivity contribution >= 4 is 11.9 Å². The molecule has 2 aliphatic rings. The van der Waals surface area contributed by atoms with Gasteiger partial charge in [-0.25, -0.2) is 4.79 Å². The minimum absolute atomic E-state index is 0.0820. The lowest BCUT2D eigenvalue weighted by Crippen LogP contribution is -2.39.